The zero-order valence-electron chi connectivity index (χ0n) is 6.66. The lowest BCUT2D eigenvalue weighted by Gasteiger charge is -2.00. The first-order valence-electron chi connectivity index (χ1n) is 3.59. The Balaban J connectivity index is 2.94. The summed E-state index contributed by atoms with van der Waals surface area (Å²) in [5.74, 6) is -0.0457. The van der Waals surface area contributed by atoms with Crippen molar-refractivity contribution in [1.82, 2.24) is 4.98 Å². The van der Waals surface area contributed by atoms with Crippen molar-refractivity contribution in [1.29, 1.82) is 0 Å². The van der Waals surface area contributed by atoms with Crippen LogP contribution >= 0.6 is 0 Å². The highest BCUT2D eigenvalue weighted by atomic mass is 16.1. The third-order valence-corrected chi connectivity index (χ3v) is 1.48. The number of hydrogen-bond acceptors (Lipinski definition) is 3. The van der Waals surface area contributed by atoms with Crippen LogP contribution < -0.4 is 5.73 Å². The van der Waals surface area contributed by atoms with Gasteiger partial charge in [-0.25, -0.2) is 0 Å². The van der Waals surface area contributed by atoms with Crippen LogP contribution in [-0.2, 0) is 0 Å². The maximum Gasteiger partial charge on any atom is 0.170 e. The SMILES string of the molecule is C=CCC(=O)c1cnccc1N. The summed E-state index contributed by atoms with van der Waals surface area (Å²) >= 11 is 0. The Morgan fingerprint density at radius 2 is 2.50 bits per heavy atom. The predicted octanol–water partition coefficient (Wildman–Crippen LogP) is 1.42. The van der Waals surface area contributed by atoms with Gasteiger partial charge in [-0.1, -0.05) is 6.08 Å². The highest BCUT2D eigenvalue weighted by Gasteiger charge is 2.06. The standard InChI is InChI=1S/C9H10N2O/c1-2-3-9(12)7-6-11-5-4-8(7)10/h2,4-6H,1,3H2,(H2,10,11). The molecule has 1 rings (SSSR count). The Morgan fingerprint density at radius 1 is 1.75 bits per heavy atom. The van der Waals surface area contributed by atoms with Crippen molar-refractivity contribution in [3.05, 3.63) is 36.7 Å². The molecule has 0 aliphatic heterocycles. The van der Waals surface area contributed by atoms with Crippen molar-refractivity contribution in [2.24, 2.45) is 0 Å². The number of nitrogen functional groups attached to an aromatic ring is 1. The number of aromatic nitrogens is 1. The van der Waals surface area contributed by atoms with E-state index in [0.29, 0.717) is 17.7 Å². The van der Waals surface area contributed by atoms with Crippen molar-refractivity contribution < 1.29 is 4.79 Å². The summed E-state index contributed by atoms with van der Waals surface area (Å²) in [6.45, 7) is 3.47. The first kappa shape index (κ1) is 8.46. The zero-order chi connectivity index (χ0) is 8.97. The molecule has 2 N–H and O–H groups in total. The topological polar surface area (TPSA) is 56.0 Å². The third-order valence-electron chi connectivity index (χ3n) is 1.48. The van der Waals surface area contributed by atoms with Crippen molar-refractivity contribution in [2.45, 2.75) is 6.42 Å². The molecule has 0 saturated heterocycles. The van der Waals surface area contributed by atoms with Gasteiger partial charge in [0.05, 0.1) is 5.56 Å². The molecule has 0 unspecified atom stereocenters. The number of carbonyl (C=O) groups excluding carboxylic acids is 1. The second-order valence-electron chi connectivity index (χ2n) is 2.38. The number of hydrogen-bond donors (Lipinski definition) is 1. The monoisotopic (exact) mass is 162 g/mol. The third kappa shape index (κ3) is 1.69. The van der Waals surface area contributed by atoms with E-state index in [9.17, 15) is 4.79 Å². The molecule has 1 aromatic heterocycles. The predicted molar refractivity (Wildman–Crippen MR) is 47.8 cm³/mol. The van der Waals surface area contributed by atoms with Gasteiger partial charge in [0.15, 0.2) is 5.78 Å². The van der Waals surface area contributed by atoms with Crippen LogP contribution in [0.5, 0.6) is 0 Å². The van der Waals surface area contributed by atoms with Crippen LogP contribution in [0.2, 0.25) is 0 Å². The first-order valence-corrected chi connectivity index (χ1v) is 3.59. The Hall–Kier alpha value is -1.64. The van der Waals surface area contributed by atoms with E-state index >= 15 is 0 Å². The molecule has 0 radical (unpaired) electrons. The van der Waals surface area contributed by atoms with Crippen molar-refractivity contribution in [3.8, 4) is 0 Å². The van der Waals surface area contributed by atoms with Gasteiger partial charge in [0.1, 0.15) is 0 Å². The van der Waals surface area contributed by atoms with Crippen LogP contribution in [0.15, 0.2) is 31.1 Å². The van der Waals surface area contributed by atoms with Gasteiger partial charge in [0, 0.05) is 24.5 Å². The van der Waals surface area contributed by atoms with Crippen LogP contribution in [0.25, 0.3) is 0 Å². The summed E-state index contributed by atoms with van der Waals surface area (Å²) in [7, 11) is 0. The molecule has 1 heterocycles. The summed E-state index contributed by atoms with van der Waals surface area (Å²) in [5, 5.41) is 0. The van der Waals surface area contributed by atoms with E-state index in [1.54, 1.807) is 18.3 Å². The van der Waals surface area contributed by atoms with E-state index in [-0.39, 0.29) is 5.78 Å². The molecule has 0 aromatic carbocycles. The van der Waals surface area contributed by atoms with E-state index in [0.717, 1.165) is 0 Å². The maximum atomic E-state index is 11.3. The molecule has 0 fully saturated rings. The molecule has 0 aliphatic rings. The largest absolute Gasteiger partial charge is 0.398 e. The summed E-state index contributed by atoms with van der Waals surface area (Å²) in [6, 6.07) is 1.61. The van der Waals surface area contributed by atoms with E-state index in [1.165, 1.54) is 6.20 Å². The molecule has 0 aliphatic carbocycles. The number of allylic oxidation sites excluding steroid dienone is 1. The van der Waals surface area contributed by atoms with Gasteiger partial charge in [-0.2, -0.15) is 0 Å². The molecule has 0 amide bonds. The molecular weight excluding hydrogens is 152 g/mol. The number of anilines is 1. The number of Topliss-reactive ketones (excluding diaryl/α,β-unsaturated/α-hetero) is 1. The second-order valence-corrected chi connectivity index (χ2v) is 2.38. The molecule has 0 spiro atoms. The molecule has 0 saturated carbocycles. The highest BCUT2D eigenvalue weighted by molar-refractivity contribution is 6.01. The summed E-state index contributed by atoms with van der Waals surface area (Å²) in [6.07, 6.45) is 4.88. The number of pyridine rings is 1. The molecular formula is C9H10N2O. The molecule has 0 bridgehead atoms. The molecule has 3 nitrogen and oxygen atoms in total. The Labute approximate surface area is 70.9 Å². The Kier molecular flexibility index (Phi) is 2.58. The Bertz CT molecular complexity index is 307. The normalized spacial score (nSPS) is 9.33. The van der Waals surface area contributed by atoms with Gasteiger partial charge in [-0.15, -0.1) is 6.58 Å². The second kappa shape index (κ2) is 3.67. The number of ketones is 1. The average Bonchev–Trinajstić information content (AvgIpc) is 2.05. The lowest BCUT2D eigenvalue weighted by molar-refractivity contribution is 0.0996. The smallest absolute Gasteiger partial charge is 0.170 e. The van der Waals surface area contributed by atoms with Crippen molar-refractivity contribution in [3.63, 3.8) is 0 Å². The molecule has 0 atom stereocenters. The van der Waals surface area contributed by atoms with Crippen LogP contribution in [0.1, 0.15) is 16.8 Å². The van der Waals surface area contributed by atoms with Crippen LogP contribution in [0.4, 0.5) is 5.69 Å². The van der Waals surface area contributed by atoms with Crippen LogP contribution in [0.3, 0.4) is 0 Å². The van der Waals surface area contributed by atoms with Crippen LogP contribution in [-0.4, -0.2) is 10.8 Å². The fourth-order valence-electron chi connectivity index (χ4n) is 0.879. The number of nitrogens with zero attached hydrogens (tertiary/aromatic N) is 1. The van der Waals surface area contributed by atoms with Gasteiger partial charge in [0.2, 0.25) is 0 Å². The maximum absolute atomic E-state index is 11.3. The molecule has 62 valence electrons. The van der Waals surface area contributed by atoms with E-state index < -0.39 is 0 Å². The average molecular weight is 162 g/mol. The number of carbonyl (C=O) groups is 1. The Morgan fingerprint density at radius 3 is 3.08 bits per heavy atom. The van der Waals surface area contributed by atoms with Gasteiger partial charge in [-0.05, 0) is 6.07 Å². The lowest BCUT2D eigenvalue weighted by Crippen LogP contribution is -2.02. The number of rotatable bonds is 3. The molecule has 3 heteroatoms. The van der Waals surface area contributed by atoms with Gasteiger partial charge >= 0.3 is 0 Å². The van der Waals surface area contributed by atoms with Crippen molar-refractivity contribution in [2.75, 3.05) is 5.73 Å². The van der Waals surface area contributed by atoms with Gasteiger partial charge < -0.3 is 5.73 Å². The van der Waals surface area contributed by atoms with Crippen LogP contribution in [0, 0.1) is 0 Å². The zero-order valence-corrected chi connectivity index (χ0v) is 6.66. The summed E-state index contributed by atoms with van der Waals surface area (Å²) in [4.78, 5) is 15.1. The minimum atomic E-state index is -0.0457. The number of nitrogens with two attached hydrogens (primary N) is 1. The van der Waals surface area contributed by atoms with Crippen molar-refractivity contribution >= 4 is 11.5 Å². The summed E-state index contributed by atoms with van der Waals surface area (Å²) < 4.78 is 0. The van der Waals surface area contributed by atoms with E-state index in [1.807, 2.05) is 0 Å². The minimum Gasteiger partial charge on any atom is -0.398 e. The van der Waals surface area contributed by atoms with E-state index in [2.05, 4.69) is 11.6 Å². The molecule has 1 aromatic rings. The van der Waals surface area contributed by atoms with E-state index in [4.69, 9.17) is 5.73 Å². The fraction of sp³-hybridized carbons (Fsp3) is 0.111. The van der Waals surface area contributed by atoms with Gasteiger partial charge in [0.25, 0.3) is 0 Å². The van der Waals surface area contributed by atoms with Gasteiger partial charge in [-0.3, -0.25) is 9.78 Å². The fourth-order valence-corrected chi connectivity index (χ4v) is 0.879. The first-order chi connectivity index (χ1) is 5.75. The highest BCUT2D eigenvalue weighted by Crippen LogP contribution is 2.10. The minimum absolute atomic E-state index is 0.0457. The lowest BCUT2D eigenvalue weighted by atomic mass is 10.1. The molecule has 12 heavy (non-hydrogen) atoms. The quantitative estimate of drug-likeness (QED) is 0.540. The summed E-state index contributed by atoms with van der Waals surface area (Å²) in [5.41, 5.74) is 6.50.